The van der Waals surface area contributed by atoms with E-state index in [1.54, 1.807) is 0 Å². The number of benzene rings is 1. The summed E-state index contributed by atoms with van der Waals surface area (Å²) in [7, 11) is 1.83. The van der Waals surface area contributed by atoms with Gasteiger partial charge in [-0.05, 0) is 56.8 Å². The SMILES string of the molecule is CCCC(OC)C(Cc1c(C)cc(C)cc1C)NCC. The molecular formula is C18H31NO. The number of ether oxygens (including phenoxy) is 1. The van der Waals surface area contributed by atoms with Crippen LogP contribution < -0.4 is 5.32 Å². The van der Waals surface area contributed by atoms with Crippen LogP contribution in [-0.2, 0) is 11.2 Å². The fourth-order valence-corrected chi connectivity index (χ4v) is 3.12. The molecule has 0 bridgehead atoms. The maximum atomic E-state index is 5.72. The van der Waals surface area contributed by atoms with Crippen LogP contribution in [0.25, 0.3) is 0 Å². The lowest BCUT2D eigenvalue weighted by Crippen LogP contribution is -2.42. The second kappa shape index (κ2) is 8.43. The normalized spacial score (nSPS) is 14.3. The summed E-state index contributed by atoms with van der Waals surface area (Å²) in [4.78, 5) is 0. The standard InChI is InChI=1S/C18H31NO/c1-7-9-18(20-6)17(19-8-2)12-16-14(4)10-13(3)11-15(16)5/h10-11,17-19H,7-9,12H2,1-6H3. The van der Waals surface area contributed by atoms with Gasteiger partial charge in [0.05, 0.1) is 6.10 Å². The molecule has 114 valence electrons. The first kappa shape index (κ1) is 17.2. The number of hydrogen-bond donors (Lipinski definition) is 1. The molecule has 1 rings (SSSR count). The highest BCUT2D eigenvalue weighted by Crippen LogP contribution is 2.20. The van der Waals surface area contributed by atoms with Crippen molar-refractivity contribution >= 4 is 0 Å². The number of nitrogens with one attached hydrogen (secondary N) is 1. The molecule has 1 aromatic rings. The smallest absolute Gasteiger partial charge is 0.0727 e. The number of hydrogen-bond acceptors (Lipinski definition) is 2. The van der Waals surface area contributed by atoms with E-state index in [9.17, 15) is 0 Å². The first-order chi connectivity index (χ1) is 9.53. The van der Waals surface area contributed by atoms with Gasteiger partial charge in [0.1, 0.15) is 0 Å². The quantitative estimate of drug-likeness (QED) is 0.777. The molecule has 0 saturated carbocycles. The zero-order valence-corrected chi connectivity index (χ0v) is 14.0. The molecule has 0 aromatic heterocycles. The van der Waals surface area contributed by atoms with Crippen molar-refractivity contribution in [3.63, 3.8) is 0 Å². The fourth-order valence-electron chi connectivity index (χ4n) is 3.12. The van der Waals surface area contributed by atoms with Gasteiger partial charge in [-0.1, -0.05) is 38.0 Å². The van der Waals surface area contributed by atoms with E-state index in [-0.39, 0.29) is 0 Å². The topological polar surface area (TPSA) is 21.3 Å². The van der Waals surface area contributed by atoms with Crippen LogP contribution in [0, 0.1) is 20.8 Å². The van der Waals surface area contributed by atoms with Crippen molar-refractivity contribution in [3.8, 4) is 0 Å². The maximum Gasteiger partial charge on any atom is 0.0727 e. The van der Waals surface area contributed by atoms with Gasteiger partial charge in [0.2, 0.25) is 0 Å². The third-order valence-corrected chi connectivity index (χ3v) is 4.06. The lowest BCUT2D eigenvalue weighted by Gasteiger charge is -2.28. The molecule has 1 N–H and O–H groups in total. The van der Waals surface area contributed by atoms with Crippen molar-refractivity contribution in [1.82, 2.24) is 5.32 Å². The molecule has 2 atom stereocenters. The highest BCUT2D eigenvalue weighted by Gasteiger charge is 2.21. The van der Waals surface area contributed by atoms with Crippen molar-refractivity contribution in [2.45, 2.75) is 66.0 Å². The molecule has 0 aliphatic rings. The summed E-state index contributed by atoms with van der Waals surface area (Å²) >= 11 is 0. The Kier molecular flexibility index (Phi) is 7.25. The lowest BCUT2D eigenvalue weighted by molar-refractivity contribution is 0.0613. The van der Waals surface area contributed by atoms with Crippen molar-refractivity contribution in [2.75, 3.05) is 13.7 Å². The molecule has 2 unspecified atom stereocenters. The fraction of sp³-hybridized carbons (Fsp3) is 0.667. The Bertz CT molecular complexity index is 391. The Morgan fingerprint density at radius 2 is 1.70 bits per heavy atom. The van der Waals surface area contributed by atoms with Gasteiger partial charge < -0.3 is 10.1 Å². The van der Waals surface area contributed by atoms with Crippen LogP contribution in [-0.4, -0.2) is 25.8 Å². The van der Waals surface area contributed by atoms with E-state index in [1.165, 1.54) is 22.3 Å². The van der Waals surface area contributed by atoms with Gasteiger partial charge in [0, 0.05) is 13.2 Å². The predicted octanol–water partition coefficient (Wildman–Crippen LogP) is 3.95. The third-order valence-electron chi connectivity index (χ3n) is 4.06. The van der Waals surface area contributed by atoms with Crippen molar-refractivity contribution in [2.24, 2.45) is 0 Å². The summed E-state index contributed by atoms with van der Waals surface area (Å²) in [5, 5.41) is 3.61. The molecular weight excluding hydrogens is 246 g/mol. The van der Waals surface area contributed by atoms with E-state index in [0.29, 0.717) is 12.1 Å². The van der Waals surface area contributed by atoms with Crippen LogP contribution in [0.4, 0.5) is 0 Å². The van der Waals surface area contributed by atoms with Crippen LogP contribution in [0.2, 0.25) is 0 Å². The number of likely N-dealkylation sites (N-methyl/N-ethyl adjacent to an activating group) is 1. The average molecular weight is 277 g/mol. The molecule has 0 saturated heterocycles. The minimum Gasteiger partial charge on any atom is -0.380 e. The number of rotatable bonds is 8. The molecule has 0 spiro atoms. The predicted molar refractivity (Wildman–Crippen MR) is 87.5 cm³/mol. The van der Waals surface area contributed by atoms with Crippen molar-refractivity contribution < 1.29 is 4.74 Å². The van der Waals surface area contributed by atoms with E-state index >= 15 is 0 Å². The van der Waals surface area contributed by atoms with E-state index in [1.807, 2.05) is 7.11 Å². The molecule has 0 heterocycles. The van der Waals surface area contributed by atoms with E-state index in [2.05, 4.69) is 52.1 Å². The second-order valence-corrected chi connectivity index (χ2v) is 5.81. The largest absolute Gasteiger partial charge is 0.380 e. The van der Waals surface area contributed by atoms with E-state index in [4.69, 9.17) is 4.74 Å². The summed E-state index contributed by atoms with van der Waals surface area (Å²) in [6, 6.07) is 4.96. The van der Waals surface area contributed by atoms with Crippen molar-refractivity contribution in [1.29, 1.82) is 0 Å². The molecule has 1 aromatic carbocycles. The average Bonchev–Trinajstić information content (AvgIpc) is 2.39. The summed E-state index contributed by atoms with van der Waals surface area (Å²) in [6.45, 7) is 12.0. The molecule has 2 nitrogen and oxygen atoms in total. The van der Waals surface area contributed by atoms with Crippen LogP contribution >= 0.6 is 0 Å². The highest BCUT2D eigenvalue weighted by molar-refractivity contribution is 5.38. The lowest BCUT2D eigenvalue weighted by atomic mass is 9.91. The van der Waals surface area contributed by atoms with Crippen LogP contribution in [0.15, 0.2) is 12.1 Å². The zero-order chi connectivity index (χ0) is 15.1. The zero-order valence-electron chi connectivity index (χ0n) is 14.0. The summed E-state index contributed by atoms with van der Waals surface area (Å²) in [6.07, 6.45) is 3.61. The Labute approximate surface area is 124 Å². The molecule has 0 amide bonds. The monoisotopic (exact) mass is 277 g/mol. The van der Waals surface area contributed by atoms with Crippen LogP contribution in [0.5, 0.6) is 0 Å². The Morgan fingerprint density at radius 3 is 2.15 bits per heavy atom. The Morgan fingerprint density at radius 1 is 1.10 bits per heavy atom. The summed E-state index contributed by atoms with van der Waals surface area (Å²) < 4.78 is 5.72. The van der Waals surface area contributed by atoms with Gasteiger partial charge >= 0.3 is 0 Å². The molecule has 2 heteroatoms. The van der Waals surface area contributed by atoms with Gasteiger partial charge in [0.25, 0.3) is 0 Å². The maximum absolute atomic E-state index is 5.72. The van der Waals surface area contributed by atoms with E-state index < -0.39 is 0 Å². The van der Waals surface area contributed by atoms with Gasteiger partial charge in [-0.2, -0.15) is 0 Å². The number of methoxy groups -OCH3 is 1. The molecule has 0 aliphatic heterocycles. The molecule has 20 heavy (non-hydrogen) atoms. The molecule has 0 fully saturated rings. The number of aryl methyl sites for hydroxylation is 3. The molecule has 0 radical (unpaired) electrons. The summed E-state index contributed by atoms with van der Waals surface area (Å²) in [5.74, 6) is 0. The minimum atomic E-state index is 0.292. The van der Waals surface area contributed by atoms with Crippen LogP contribution in [0.1, 0.15) is 48.9 Å². The Hall–Kier alpha value is -0.860. The minimum absolute atomic E-state index is 0.292. The van der Waals surface area contributed by atoms with E-state index in [0.717, 1.165) is 25.8 Å². The van der Waals surface area contributed by atoms with Crippen LogP contribution in [0.3, 0.4) is 0 Å². The van der Waals surface area contributed by atoms with Gasteiger partial charge in [-0.15, -0.1) is 0 Å². The second-order valence-electron chi connectivity index (χ2n) is 5.81. The highest BCUT2D eigenvalue weighted by atomic mass is 16.5. The summed E-state index contributed by atoms with van der Waals surface area (Å²) in [5.41, 5.74) is 5.62. The van der Waals surface area contributed by atoms with Crippen molar-refractivity contribution in [3.05, 3.63) is 34.4 Å². The first-order valence-electron chi connectivity index (χ1n) is 7.86. The molecule has 0 aliphatic carbocycles. The third kappa shape index (κ3) is 4.60. The first-order valence-corrected chi connectivity index (χ1v) is 7.86. The van der Waals surface area contributed by atoms with Gasteiger partial charge in [-0.3, -0.25) is 0 Å². The van der Waals surface area contributed by atoms with Gasteiger partial charge in [-0.25, -0.2) is 0 Å². The Balaban J connectivity index is 2.95. The van der Waals surface area contributed by atoms with Gasteiger partial charge in [0.15, 0.2) is 0 Å².